The summed E-state index contributed by atoms with van der Waals surface area (Å²) >= 11 is 6.32. The van der Waals surface area contributed by atoms with Crippen LogP contribution in [0.3, 0.4) is 0 Å². The molecule has 3 aromatic carbocycles. The number of oxazole rings is 1. The smallest absolute Gasteiger partial charge is 0.258 e. The molecule has 0 spiro atoms. The lowest BCUT2D eigenvalue weighted by molar-refractivity contribution is 0.102. The van der Waals surface area contributed by atoms with Crippen molar-refractivity contribution in [2.75, 3.05) is 5.32 Å². The number of anilines is 1. The van der Waals surface area contributed by atoms with Crippen LogP contribution in [-0.2, 0) is 0 Å². The number of carbonyl (C=O) groups excluding carboxylic acids is 1. The summed E-state index contributed by atoms with van der Waals surface area (Å²) in [6.07, 6.45) is 1.37. The van der Waals surface area contributed by atoms with Gasteiger partial charge in [0.25, 0.3) is 5.91 Å². The van der Waals surface area contributed by atoms with Crippen molar-refractivity contribution >= 4 is 34.3 Å². The molecular weight excluding hydrogens is 355 g/mol. The zero-order valence-corrected chi connectivity index (χ0v) is 14.1. The molecule has 26 heavy (non-hydrogen) atoms. The van der Waals surface area contributed by atoms with Crippen molar-refractivity contribution in [3.63, 3.8) is 0 Å². The van der Waals surface area contributed by atoms with Gasteiger partial charge in [-0.15, -0.1) is 0 Å². The summed E-state index contributed by atoms with van der Waals surface area (Å²) < 4.78 is 19.0. The zero-order chi connectivity index (χ0) is 18.1. The number of aromatic nitrogens is 1. The van der Waals surface area contributed by atoms with Crippen molar-refractivity contribution in [2.24, 2.45) is 0 Å². The van der Waals surface area contributed by atoms with E-state index in [1.54, 1.807) is 24.3 Å². The highest BCUT2D eigenvalue weighted by atomic mass is 35.5. The Bertz CT molecular complexity index is 1110. The van der Waals surface area contributed by atoms with E-state index in [4.69, 9.17) is 16.0 Å². The molecule has 1 heterocycles. The lowest BCUT2D eigenvalue weighted by atomic mass is 10.0. The third-order valence-electron chi connectivity index (χ3n) is 3.99. The molecular formula is C20H12ClFN2O2. The van der Waals surface area contributed by atoms with Gasteiger partial charge >= 0.3 is 0 Å². The van der Waals surface area contributed by atoms with Crippen molar-refractivity contribution < 1.29 is 13.6 Å². The van der Waals surface area contributed by atoms with Crippen LogP contribution in [0.4, 0.5) is 10.1 Å². The molecule has 0 aliphatic rings. The van der Waals surface area contributed by atoms with E-state index in [-0.39, 0.29) is 5.56 Å². The Kier molecular flexibility index (Phi) is 4.14. The maximum atomic E-state index is 13.7. The van der Waals surface area contributed by atoms with Crippen LogP contribution in [0.1, 0.15) is 10.4 Å². The number of hydrogen-bond donors (Lipinski definition) is 1. The summed E-state index contributed by atoms with van der Waals surface area (Å²) in [6.45, 7) is 0. The van der Waals surface area contributed by atoms with Crippen LogP contribution in [0.25, 0.3) is 22.2 Å². The van der Waals surface area contributed by atoms with Crippen molar-refractivity contribution in [1.29, 1.82) is 0 Å². The monoisotopic (exact) mass is 366 g/mol. The molecule has 0 unspecified atom stereocenters. The maximum absolute atomic E-state index is 13.7. The molecule has 0 saturated heterocycles. The van der Waals surface area contributed by atoms with E-state index in [2.05, 4.69) is 10.3 Å². The van der Waals surface area contributed by atoms with Gasteiger partial charge in [-0.05, 0) is 42.0 Å². The van der Waals surface area contributed by atoms with Crippen LogP contribution in [-0.4, -0.2) is 10.9 Å². The average Bonchev–Trinajstić information content (AvgIpc) is 3.09. The van der Waals surface area contributed by atoms with Gasteiger partial charge in [-0.25, -0.2) is 9.37 Å². The molecule has 1 N–H and O–H groups in total. The van der Waals surface area contributed by atoms with Crippen molar-refractivity contribution in [3.05, 3.63) is 83.5 Å². The zero-order valence-electron chi connectivity index (χ0n) is 13.4. The normalized spacial score (nSPS) is 10.8. The van der Waals surface area contributed by atoms with Gasteiger partial charge in [0.1, 0.15) is 11.3 Å². The average molecular weight is 367 g/mol. The second-order valence-electron chi connectivity index (χ2n) is 5.66. The van der Waals surface area contributed by atoms with Gasteiger partial charge in [0, 0.05) is 11.3 Å². The molecule has 0 aliphatic heterocycles. The number of carbonyl (C=O) groups is 1. The number of amides is 1. The maximum Gasteiger partial charge on any atom is 0.258 e. The SMILES string of the molecule is O=C(Nc1ccc(-c2cc3ocnc3cc2Cl)cc1)c1ccccc1F. The first kappa shape index (κ1) is 16.3. The van der Waals surface area contributed by atoms with Gasteiger partial charge in [-0.2, -0.15) is 0 Å². The molecule has 0 atom stereocenters. The molecule has 4 rings (SSSR count). The Morgan fingerprint density at radius 2 is 1.85 bits per heavy atom. The molecule has 4 aromatic rings. The van der Waals surface area contributed by atoms with Gasteiger partial charge in [0.2, 0.25) is 0 Å². The van der Waals surface area contributed by atoms with E-state index in [0.717, 1.165) is 11.1 Å². The highest BCUT2D eigenvalue weighted by molar-refractivity contribution is 6.34. The van der Waals surface area contributed by atoms with Crippen LogP contribution in [0.15, 0.2) is 71.5 Å². The van der Waals surface area contributed by atoms with Crippen molar-refractivity contribution in [1.82, 2.24) is 4.98 Å². The third kappa shape index (κ3) is 3.05. The van der Waals surface area contributed by atoms with Crippen LogP contribution in [0, 0.1) is 5.82 Å². The standard InChI is InChI=1S/C20H12ClFN2O2/c21-16-10-18-19(26-11-23-18)9-15(16)12-5-7-13(8-6-12)24-20(25)14-3-1-2-4-17(14)22/h1-11H,(H,24,25). The lowest BCUT2D eigenvalue weighted by Crippen LogP contribution is -2.13. The molecule has 0 bridgehead atoms. The highest BCUT2D eigenvalue weighted by Gasteiger charge is 2.12. The summed E-state index contributed by atoms with van der Waals surface area (Å²) in [4.78, 5) is 16.2. The molecule has 1 aromatic heterocycles. The predicted octanol–water partition coefficient (Wildman–Crippen LogP) is 5.54. The molecule has 128 valence electrons. The number of hydrogen-bond acceptors (Lipinski definition) is 3. The van der Waals surface area contributed by atoms with Gasteiger partial charge < -0.3 is 9.73 Å². The van der Waals surface area contributed by atoms with Crippen molar-refractivity contribution in [3.8, 4) is 11.1 Å². The Balaban J connectivity index is 1.59. The quantitative estimate of drug-likeness (QED) is 0.518. The largest absolute Gasteiger partial charge is 0.443 e. The van der Waals surface area contributed by atoms with Crippen LogP contribution in [0.5, 0.6) is 0 Å². The van der Waals surface area contributed by atoms with E-state index in [9.17, 15) is 9.18 Å². The number of rotatable bonds is 3. The molecule has 1 amide bonds. The topological polar surface area (TPSA) is 55.1 Å². The van der Waals surface area contributed by atoms with E-state index < -0.39 is 11.7 Å². The van der Waals surface area contributed by atoms with E-state index in [1.807, 2.05) is 18.2 Å². The lowest BCUT2D eigenvalue weighted by Gasteiger charge is -2.08. The van der Waals surface area contributed by atoms with Crippen molar-refractivity contribution in [2.45, 2.75) is 0 Å². The van der Waals surface area contributed by atoms with E-state index in [0.29, 0.717) is 21.8 Å². The first-order valence-electron chi connectivity index (χ1n) is 7.81. The van der Waals surface area contributed by atoms with Crippen LogP contribution >= 0.6 is 11.6 Å². The Hall–Kier alpha value is -3.18. The first-order valence-corrected chi connectivity index (χ1v) is 8.19. The molecule has 0 radical (unpaired) electrons. The summed E-state index contributed by atoms with van der Waals surface area (Å²) in [7, 11) is 0. The van der Waals surface area contributed by atoms with Crippen LogP contribution in [0.2, 0.25) is 5.02 Å². The van der Waals surface area contributed by atoms with E-state index >= 15 is 0 Å². The molecule has 0 aliphatic carbocycles. The summed E-state index contributed by atoms with van der Waals surface area (Å²) in [5.41, 5.74) is 3.53. The summed E-state index contributed by atoms with van der Waals surface area (Å²) in [6, 6.07) is 16.5. The molecule has 6 heteroatoms. The summed E-state index contributed by atoms with van der Waals surface area (Å²) in [5.74, 6) is -1.06. The Morgan fingerprint density at radius 1 is 1.08 bits per heavy atom. The molecule has 0 fully saturated rings. The van der Waals surface area contributed by atoms with Gasteiger partial charge in [-0.1, -0.05) is 35.9 Å². The van der Waals surface area contributed by atoms with E-state index in [1.165, 1.54) is 24.6 Å². The Morgan fingerprint density at radius 3 is 2.62 bits per heavy atom. The van der Waals surface area contributed by atoms with Gasteiger partial charge in [0.05, 0.1) is 10.6 Å². The van der Waals surface area contributed by atoms with Gasteiger partial charge in [-0.3, -0.25) is 4.79 Å². The second kappa shape index (κ2) is 6.61. The third-order valence-corrected chi connectivity index (χ3v) is 4.31. The predicted molar refractivity (Wildman–Crippen MR) is 98.8 cm³/mol. The molecule has 4 nitrogen and oxygen atoms in total. The fourth-order valence-corrected chi connectivity index (χ4v) is 2.94. The number of halogens is 2. The number of nitrogens with one attached hydrogen (secondary N) is 1. The minimum atomic E-state index is -0.561. The highest BCUT2D eigenvalue weighted by Crippen LogP contribution is 2.32. The summed E-state index contributed by atoms with van der Waals surface area (Å²) in [5, 5.41) is 3.23. The minimum Gasteiger partial charge on any atom is -0.443 e. The molecule has 0 saturated carbocycles. The fraction of sp³-hybridized carbons (Fsp3) is 0. The fourth-order valence-electron chi connectivity index (χ4n) is 2.68. The number of benzene rings is 3. The Labute approximate surface area is 153 Å². The minimum absolute atomic E-state index is 0.00427. The number of fused-ring (bicyclic) bond motifs is 1. The first-order chi connectivity index (χ1) is 12.6. The van der Waals surface area contributed by atoms with Crippen LogP contribution < -0.4 is 5.32 Å². The number of nitrogens with zero attached hydrogens (tertiary/aromatic N) is 1. The van der Waals surface area contributed by atoms with Gasteiger partial charge in [0.15, 0.2) is 12.0 Å². The second-order valence-corrected chi connectivity index (χ2v) is 6.07.